The molecule has 1 fully saturated rings. The molecule has 8 nitrogen and oxygen atoms in total. The number of rotatable bonds is 3. The number of nitrogens with one attached hydrogen (secondary N) is 1. The average molecular weight is 378 g/mol. The summed E-state index contributed by atoms with van der Waals surface area (Å²) in [5, 5.41) is 17.0. The number of halogens is 1. The van der Waals surface area contributed by atoms with Crippen molar-refractivity contribution in [2.24, 2.45) is 0 Å². The van der Waals surface area contributed by atoms with Gasteiger partial charge in [0, 0.05) is 32.1 Å². The molecule has 2 aromatic heterocycles. The summed E-state index contributed by atoms with van der Waals surface area (Å²) in [6, 6.07) is 0. The number of carbonyl (C=O) groups excluding carboxylic acids is 1. The predicted octanol–water partition coefficient (Wildman–Crippen LogP) is 1.25. The molecule has 0 bridgehead atoms. The molecule has 1 N–H and O–H groups in total. The van der Waals surface area contributed by atoms with Crippen molar-refractivity contribution in [2.45, 2.75) is 52.2 Å². The third-order valence-corrected chi connectivity index (χ3v) is 5.99. The summed E-state index contributed by atoms with van der Waals surface area (Å²) in [5.74, 6) is 2.57. The molecule has 0 aromatic carbocycles. The van der Waals surface area contributed by atoms with Crippen molar-refractivity contribution < 1.29 is 4.79 Å². The van der Waals surface area contributed by atoms with Gasteiger partial charge < -0.3 is 14.8 Å². The van der Waals surface area contributed by atoms with Crippen LogP contribution in [0.1, 0.15) is 41.8 Å². The summed E-state index contributed by atoms with van der Waals surface area (Å²) in [7, 11) is 0. The number of hydrogen-bond acceptors (Lipinski definition) is 5. The second-order valence-electron chi connectivity index (χ2n) is 7.10. The minimum atomic E-state index is 0.0955. The zero-order valence-corrected chi connectivity index (χ0v) is 16.0. The van der Waals surface area contributed by atoms with Crippen LogP contribution >= 0.6 is 11.6 Å². The molecular formula is C17H24ClN7O. The van der Waals surface area contributed by atoms with Crippen molar-refractivity contribution in [2.75, 3.05) is 19.6 Å². The smallest absolute Gasteiger partial charge is 0.244 e. The molecule has 4 rings (SSSR count). The first kappa shape index (κ1) is 17.5. The fourth-order valence-electron chi connectivity index (χ4n) is 3.86. The van der Waals surface area contributed by atoms with Gasteiger partial charge in [0.15, 0.2) is 0 Å². The maximum absolute atomic E-state index is 12.6. The van der Waals surface area contributed by atoms with Crippen molar-refractivity contribution in [1.82, 2.24) is 34.8 Å². The zero-order valence-electron chi connectivity index (χ0n) is 15.2. The Hall–Kier alpha value is -1.93. The summed E-state index contributed by atoms with van der Waals surface area (Å²) < 4.78 is 3.95. The van der Waals surface area contributed by atoms with E-state index in [-0.39, 0.29) is 12.5 Å². The van der Waals surface area contributed by atoms with Crippen molar-refractivity contribution in [3.63, 3.8) is 0 Å². The molecule has 2 aliphatic rings. The van der Waals surface area contributed by atoms with E-state index in [0.29, 0.717) is 10.9 Å². The second kappa shape index (κ2) is 7.00. The van der Waals surface area contributed by atoms with E-state index in [1.165, 1.54) is 0 Å². The normalized spacial score (nSPS) is 18.2. The van der Waals surface area contributed by atoms with Gasteiger partial charge in [0.25, 0.3) is 0 Å². The van der Waals surface area contributed by atoms with Crippen molar-refractivity contribution in [1.29, 1.82) is 0 Å². The summed E-state index contributed by atoms with van der Waals surface area (Å²) >= 11 is 6.17. The minimum absolute atomic E-state index is 0.0955. The molecule has 0 spiro atoms. The molecule has 1 amide bonds. The second-order valence-corrected chi connectivity index (χ2v) is 7.48. The number of likely N-dealkylation sites (tertiary alicyclic amines) is 1. The van der Waals surface area contributed by atoms with Crippen LogP contribution in [0.15, 0.2) is 0 Å². The van der Waals surface area contributed by atoms with Crippen LogP contribution in [0.3, 0.4) is 0 Å². The highest BCUT2D eigenvalue weighted by Gasteiger charge is 2.29. The van der Waals surface area contributed by atoms with Gasteiger partial charge in [-0.25, -0.2) is 0 Å². The number of nitrogens with zero attached hydrogens (tertiary/aromatic N) is 6. The third kappa shape index (κ3) is 3.12. The highest BCUT2D eigenvalue weighted by atomic mass is 35.5. The molecule has 0 radical (unpaired) electrons. The molecule has 140 valence electrons. The summed E-state index contributed by atoms with van der Waals surface area (Å²) in [4.78, 5) is 14.6. The van der Waals surface area contributed by atoms with Crippen LogP contribution in [-0.2, 0) is 24.4 Å². The Labute approximate surface area is 157 Å². The lowest BCUT2D eigenvalue weighted by molar-refractivity contribution is -0.133. The molecule has 0 aliphatic carbocycles. The first-order valence-corrected chi connectivity index (χ1v) is 9.52. The quantitative estimate of drug-likeness (QED) is 0.870. The zero-order chi connectivity index (χ0) is 18.3. The topological polar surface area (TPSA) is 80.9 Å². The van der Waals surface area contributed by atoms with E-state index in [9.17, 15) is 4.79 Å². The number of carbonyl (C=O) groups is 1. The van der Waals surface area contributed by atoms with Crippen LogP contribution in [0.4, 0.5) is 0 Å². The van der Waals surface area contributed by atoms with Gasteiger partial charge in [-0.05, 0) is 26.7 Å². The lowest BCUT2D eigenvalue weighted by Gasteiger charge is -2.32. The van der Waals surface area contributed by atoms with Crippen LogP contribution in [-0.4, -0.2) is 55.0 Å². The Morgan fingerprint density at radius 2 is 2.00 bits per heavy atom. The molecule has 0 unspecified atom stereocenters. The Bertz CT molecular complexity index is 819. The third-order valence-electron chi connectivity index (χ3n) is 5.44. The Morgan fingerprint density at radius 1 is 1.23 bits per heavy atom. The summed E-state index contributed by atoms with van der Waals surface area (Å²) in [6.45, 7) is 8.16. The van der Waals surface area contributed by atoms with E-state index in [4.69, 9.17) is 11.6 Å². The lowest BCUT2D eigenvalue weighted by Crippen LogP contribution is -2.40. The highest BCUT2D eigenvalue weighted by Crippen LogP contribution is 2.28. The first-order valence-electron chi connectivity index (χ1n) is 9.14. The molecule has 0 atom stereocenters. The Kier molecular flexibility index (Phi) is 4.71. The number of aryl methyl sites for hydroxylation is 1. The van der Waals surface area contributed by atoms with E-state index in [1.54, 1.807) is 4.68 Å². The number of hydrogen-bond donors (Lipinski definition) is 1. The van der Waals surface area contributed by atoms with E-state index >= 15 is 0 Å². The highest BCUT2D eigenvalue weighted by molar-refractivity contribution is 6.31. The Morgan fingerprint density at radius 3 is 2.69 bits per heavy atom. The van der Waals surface area contributed by atoms with Gasteiger partial charge in [0.1, 0.15) is 18.2 Å². The molecule has 2 aliphatic heterocycles. The maximum atomic E-state index is 12.6. The van der Waals surface area contributed by atoms with E-state index in [1.807, 2.05) is 18.7 Å². The van der Waals surface area contributed by atoms with Crippen molar-refractivity contribution in [3.8, 4) is 0 Å². The van der Waals surface area contributed by atoms with E-state index in [0.717, 1.165) is 68.6 Å². The average Bonchev–Trinajstić information content (AvgIpc) is 3.19. The van der Waals surface area contributed by atoms with Gasteiger partial charge in [-0.2, -0.15) is 5.10 Å². The number of piperidine rings is 1. The van der Waals surface area contributed by atoms with E-state index < -0.39 is 0 Å². The fraction of sp³-hybridized carbons (Fsp3) is 0.647. The lowest BCUT2D eigenvalue weighted by atomic mass is 9.95. The minimum Gasteiger partial charge on any atom is -0.341 e. The molecule has 2 aromatic rings. The molecule has 4 heterocycles. The Balaban J connectivity index is 1.38. The molecule has 9 heteroatoms. The fourth-order valence-corrected chi connectivity index (χ4v) is 4.00. The van der Waals surface area contributed by atoms with Crippen LogP contribution in [0, 0.1) is 13.8 Å². The molecule has 26 heavy (non-hydrogen) atoms. The van der Waals surface area contributed by atoms with Crippen molar-refractivity contribution >= 4 is 17.5 Å². The number of amides is 1. The van der Waals surface area contributed by atoms with Crippen molar-refractivity contribution in [3.05, 3.63) is 28.1 Å². The monoisotopic (exact) mass is 377 g/mol. The van der Waals surface area contributed by atoms with Gasteiger partial charge in [-0.1, -0.05) is 11.6 Å². The number of fused-ring (bicyclic) bond motifs is 1. The maximum Gasteiger partial charge on any atom is 0.244 e. The van der Waals surface area contributed by atoms with Crippen LogP contribution < -0.4 is 5.32 Å². The van der Waals surface area contributed by atoms with Crippen LogP contribution in [0.25, 0.3) is 0 Å². The SMILES string of the molecule is Cc1nn(CC(=O)N2CCC(c3nnc4n3CCNC4)CC2)c(C)c1Cl. The standard InChI is InChI=1S/C17H24ClN7O/c1-11-16(18)12(2)25(22-11)10-15(26)23-6-3-13(4-7-23)17-21-20-14-9-19-5-8-24(14)17/h13,19H,3-10H2,1-2H3. The van der Waals surface area contributed by atoms with Crippen LogP contribution in [0.2, 0.25) is 5.02 Å². The van der Waals surface area contributed by atoms with Gasteiger partial charge >= 0.3 is 0 Å². The molecule has 0 saturated carbocycles. The summed E-state index contributed by atoms with van der Waals surface area (Å²) in [6.07, 6.45) is 1.85. The van der Waals surface area contributed by atoms with Gasteiger partial charge in [0.2, 0.25) is 5.91 Å². The molecule has 1 saturated heterocycles. The predicted molar refractivity (Wildman–Crippen MR) is 97.0 cm³/mol. The van der Waals surface area contributed by atoms with Gasteiger partial charge in [0.05, 0.1) is 23.0 Å². The first-order chi connectivity index (χ1) is 12.5. The van der Waals surface area contributed by atoms with Crippen LogP contribution in [0.5, 0.6) is 0 Å². The largest absolute Gasteiger partial charge is 0.341 e. The van der Waals surface area contributed by atoms with Gasteiger partial charge in [-0.3, -0.25) is 9.48 Å². The van der Waals surface area contributed by atoms with Gasteiger partial charge in [-0.15, -0.1) is 10.2 Å². The molecular weight excluding hydrogens is 354 g/mol. The summed E-state index contributed by atoms with van der Waals surface area (Å²) in [5.41, 5.74) is 1.61. The number of aromatic nitrogens is 5. The van der Waals surface area contributed by atoms with E-state index in [2.05, 4.69) is 25.2 Å².